The van der Waals surface area contributed by atoms with E-state index in [0.29, 0.717) is 6.61 Å². The van der Waals surface area contributed by atoms with Crippen LogP contribution in [0.5, 0.6) is 0 Å². The predicted octanol–water partition coefficient (Wildman–Crippen LogP) is 0.617. The second kappa shape index (κ2) is 4.11. The van der Waals surface area contributed by atoms with E-state index in [2.05, 4.69) is 11.4 Å². The molecule has 1 saturated carbocycles. The van der Waals surface area contributed by atoms with Crippen LogP contribution in [0, 0.1) is 5.92 Å². The summed E-state index contributed by atoms with van der Waals surface area (Å²) in [5, 5.41) is 3.40. The summed E-state index contributed by atoms with van der Waals surface area (Å²) in [5.74, 6) is 2.01. The molecule has 0 radical (unpaired) electrons. The molecule has 3 heteroatoms. The minimum Gasteiger partial charge on any atom is -0.495 e. The molecule has 1 aliphatic heterocycles. The maximum atomic E-state index is 5.69. The molecule has 1 fully saturated rings. The third-order valence-corrected chi connectivity index (χ3v) is 2.56. The molecule has 13 heavy (non-hydrogen) atoms. The SMILES string of the molecule is N[C@@H]1CC=C(CNCC2CC2)OC1. The number of nitrogens with two attached hydrogens (primary N) is 1. The van der Waals surface area contributed by atoms with Gasteiger partial charge in [0.2, 0.25) is 0 Å². The lowest BCUT2D eigenvalue weighted by Gasteiger charge is -2.20. The summed E-state index contributed by atoms with van der Waals surface area (Å²) >= 11 is 0. The third-order valence-electron chi connectivity index (χ3n) is 2.56. The van der Waals surface area contributed by atoms with Gasteiger partial charge in [-0.25, -0.2) is 0 Å². The van der Waals surface area contributed by atoms with Crippen molar-refractivity contribution in [1.82, 2.24) is 5.32 Å². The van der Waals surface area contributed by atoms with Crippen LogP contribution in [-0.4, -0.2) is 25.7 Å². The number of hydrogen-bond acceptors (Lipinski definition) is 3. The van der Waals surface area contributed by atoms with Gasteiger partial charge in [0.25, 0.3) is 0 Å². The molecule has 74 valence electrons. The number of rotatable bonds is 4. The summed E-state index contributed by atoms with van der Waals surface area (Å²) in [6.45, 7) is 2.70. The van der Waals surface area contributed by atoms with Crippen molar-refractivity contribution in [2.24, 2.45) is 11.7 Å². The Morgan fingerprint density at radius 3 is 3.00 bits per heavy atom. The fourth-order valence-electron chi connectivity index (χ4n) is 1.47. The van der Waals surface area contributed by atoms with Crippen LogP contribution < -0.4 is 11.1 Å². The van der Waals surface area contributed by atoms with E-state index in [4.69, 9.17) is 10.5 Å². The Bertz CT molecular complexity index is 199. The summed E-state index contributed by atoms with van der Waals surface area (Å²) in [6.07, 6.45) is 5.87. The highest BCUT2D eigenvalue weighted by molar-refractivity contribution is 5.01. The molecule has 3 N–H and O–H groups in total. The van der Waals surface area contributed by atoms with Crippen molar-refractivity contribution >= 4 is 0 Å². The molecule has 0 unspecified atom stereocenters. The van der Waals surface area contributed by atoms with Crippen LogP contribution in [0.4, 0.5) is 0 Å². The molecule has 0 aromatic rings. The van der Waals surface area contributed by atoms with Crippen LogP contribution >= 0.6 is 0 Å². The first-order valence-corrected chi connectivity index (χ1v) is 5.12. The van der Waals surface area contributed by atoms with Gasteiger partial charge >= 0.3 is 0 Å². The van der Waals surface area contributed by atoms with Gasteiger partial charge in [0.15, 0.2) is 0 Å². The molecule has 1 aliphatic carbocycles. The van der Waals surface area contributed by atoms with E-state index < -0.39 is 0 Å². The summed E-state index contributed by atoms with van der Waals surface area (Å²) in [7, 11) is 0. The van der Waals surface area contributed by atoms with Gasteiger partial charge in [-0.15, -0.1) is 0 Å². The molecular formula is C10H18N2O. The summed E-state index contributed by atoms with van der Waals surface area (Å²) < 4.78 is 5.47. The Morgan fingerprint density at radius 2 is 2.38 bits per heavy atom. The standard InChI is InChI=1S/C10H18N2O/c11-9-3-4-10(13-7-9)6-12-5-8-1-2-8/h4,8-9,12H,1-3,5-7,11H2/t9-/m1/s1. The van der Waals surface area contributed by atoms with Gasteiger partial charge in [0.05, 0.1) is 6.54 Å². The van der Waals surface area contributed by atoms with Crippen molar-refractivity contribution in [3.63, 3.8) is 0 Å². The Kier molecular flexibility index (Phi) is 2.86. The molecule has 0 aromatic carbocycles. The van der Waals surface area contributed by atoms with Crippen LogP contribution in [0.15, 0.2) is 11.8 Å². The van der Waals surface area contributed by atoms with Gasteiger partial charge in [0, 0.05) is 6.04 Å². The molecule has 3 nitrogen and oxygen atoms in total. The van der Waals surface area contributed by atoms with Crippen LogP contribution in [0.2, 0.25) is 0 Å². The van der Waals surface area contributed by atoms with E-state index in [1.54, 1.807) is 0 Å². The van der Waals surface area contributed by atoms with Gasteiger partial charge in [0.1, 0.15) is 12.4 Å². The van der Waals surface area contributed by atoms with Crippen LogP contribution in [0.1, 0.15) is 19.3 Å². The zero-order valence-electron chi connectivity index (χ0n) is 7.96. The molecule has 1 heterocycles. The van der Waals surface area contributed by atoms with E-state index in [0.717, 1.165) is 31.2 Å². The zero-order chi connectivity index (χ0) is 9.10. The molecule has 0 bridgehead atoms. The smallest absolute Gasteiger partial charge is 0.106 e. The average Bonchev–Trinajstić information content (AvgIpc) is 2.92. The highest BCUT2D eigenvalue weighted by Crippen LogP contribution is 2.27. The topological polar surface area (TPSA) is 47.3 Å². The van der Waals surface area contributed by atoms with E-state index >= 15 is 0 Å². The Hall–Kier alpha value is -0.540. The van der Waals surface area contributed by atoms with Crippen molar-refractivity contribution in [2.75, 3.05) is 19.7 Å². The highest BCUT2D eigenvalue weighted by Gasteiger charge is 2.20. The molecule has 0 amide bonds. The monoisotopic (exact) mass is 182 g/mol. The number of nitrogens with one attached hydrogen (secondary N) is 1. The van der Waals surface area contributed by atoms with Gasteiger partial charge in [-0.2, -0.15) is 0 Å². The van der Waals surface area contributed by atoms with Crippen LogP contribution in [0.25, 0.3) is 0 Å². The van der Waals surface area contributed by atoms with Gasteiger partial charge in [-0.1, -0.05) is 0 Å². The second-order valence-electron chi connectivity index (χ2n) is 4.05. The van der Waals surface area contributed by atoms with Crippen molar-refractivity contribution in [1.29, 1.82) is 0 Å². The summed E-state index contributed by atoms with van der Waals surface area (Å²) in [5.41, 5.74) is 5.69. The Balaban J connectivity index is 1.62. The van der Waals surface area contributed by atoms with E-state index in [1.165, 1.54) is 12.8 Å². The first kappa shape index (κ1) is 9.03. The van der Waals surface area contributed by atoms with Gasteiger partial charge in [-0.3, -0.25) is 0 Å². The van der Waals surface area contributed by atoms with Crippen molar-refractivity contribution in [3.05, 3.63) is 11.8 Å². The molecule has 2 aliphatic rings. The molecule has 0 spiro atoms. The summed E-state index contributed by atoms with van der Waals surface area (Å²) in [6, 6.07) is 0.201. The largest absolute Gasteiger partial charge is 0.495 e. The van der Waals surface area contributed by atoms with E-state index in [9.17, 15) is 0 Å². The fraction of sp³-hybridized carbons (Fsp3) is 0.800. The lowest BCUT2D eigenvalue weighted by molar-refractivity contribution is 0.170. The maximum absolute atomic E-state index is 5.69. The minimum absolute atomic E-state index is 0.201. The predicted molar refractivity (Wildman–Crippen MR) is 52.2 cm³/mol. The van der Waals surface area contributed by atoms with Crippen LogP contribution in [-0.2, 0) is 4.74 Å². The first-order chi connectivity index (χ1) is 6.34. The van der Waals surface area contributed by atoms with E-state index in [-0.39, 0.29) is 6.04 Å². The van der Waals surface area contributed by atoms with E-state index in [1.807, 2.05) is 0 Å². The highest BCUT2D eigenvalue weighted by atomic mass is 16.5. The quantitative estimate of drug-likeness (QED) is 0.670. The van der Waals surface area contributed by atoms with Crippen LogP contribution in [0.3, 0.4) is 0 Å². The van der Waals surface area contributed by atoms with Crippen molar-refractivity contribution in [3.8, 4) is 0 Å². The maximum Gasteiger partial charge on any atom is 0.106 e. The van der Waals surface area contributed by atoms with Crippen molar-refractivity contribution < 1.29 is 4.74 Å². The Morgan fingerprint density at radius 1 is 1.54 bits per heavy atom. The lowest BCUT2D eigenvalue weighted by atomic mass is 10.2. The molecule has 0 aromatic heterocycles. The van der Waals surface area contributed by atoms with Gasteiger partial charge < -0.3 is 15.8 Å². The molecule has 2 rings (SSSR count). The van der Waals surface area contributed by atoms with Crippen molar-refractivity contribution in [2.45, 2.75) is 25.3 Å². The molecule has 0 saturated heterocycles. The first-order valence-electron chi connectivity index (χ1n) is 5.12. The number of ether oxygens (including phenoxy) is 1. The molecule has 1 atom stereocenters. The second-order valence-corrected chi connectivity index (χ2v) is 4.05. The zero-order valence-corrected chi connectivity index (χ0v) is 7.96. The van der Waals surface area contributed by atoms with Gasteiger partial charge in [-0.05, 0) is 37.8 Å². The minimum atomic E-state index is 0.201. The molecular weight excluding hydrogens is 164 g/mol. The fourth-order valence-corrected chi connectivity index (χ4v) is 1.47. The number of hydrogen-bond donors (Lipinski definition) is 2. The average molecular weight is 182 g/mol. The normalized spacial score (nSPS) is 28.1. The summed E-state index contributed by atoms with van der Waals surface area (Å²) in [4.78, 5) is 0. The Labute approximate surface area is 79.3 Å². The third kappa shape index (κ3) is 3.01. The lowest BCUT2D eigenvalue weighted by Crippen LogP contribution is -2.31.